The average Bonchev–Trinajstić information content (AvgIpc) is 2.40. The minimum absolute atomic E-state index is 0.104. The fourth-order valence-corrected chi connectivity index (χ4v) is 2.99. The summed E-state index contributed by atoms with van der Waals surface area (Å²) in [6, 6.07) is 4.56. The van der Waals surface area contributed by atoms with E-state index in [1.807, 2.05) is 0 Å². The summed E-state index contributed by atoms with van der Waals surface area (Å²) >= 11 is 5.79. The second-order valence-electron chi connectivity index (χ2n) is 2.82. The minimum atomic E-state index is -3.61. The molecule has 1 heterocycles. The Morgan fingerprint density at radius 2 is 2.00 bits per heavy atom. The van der Waals surface area contributed by atoms with Crippen LogP contribution in [-0.2, 0) is 14.6 Å². The first-order valence-corrected chi connectivity index (χ1v) is 5.64. The first-order valence-electron chi connectivity index (χ1n) is 3.78. The summed E-state index contributed by atoms with van der Waals surface area (Å²) in [5.74, 6) is 0. The molecule has 0 aliphatic carbocycles. The van der Waals surface area contributed by atoms with E-state index in [2.05, 4.69) is 0 Å². The van der Waals surface area contributed by atoms with Crippen molar-refractivity contribution in [2.45, 2.75) is 4.90 Å². The average molecular weight is 229 g/mol. The van der Waals surface area contributed by atoms with Gasteiger partial charge >= 0.3 is 0 Å². The second-order valence-corrected chi connectivity index (χ2v) is 5.14. The number of rotatable bonds is 1. The number of aldehydes is 1. The molecule has 3 nitrogen and oxygen atoms in total. The predicted molar refractivity (Wildman–Crippen MR) is 52.7 cm³/mol. The summed E-state index contributed by atoms with van der Waals surface area (Å²) in [6.07, 6.45) is 1.62. The van der Waals surface area contributed by atoms with E-state index in [0.717, 1.165) is 0 Å². The molecule has 0 spiro atoms. The molecule has 0 amide bonds. The van der Waals surface area contributed by atoms with Gasteiger partial charge in [0, 0.05) is 10.6 Å². The Kier molecular flexibility index (Phi) is 1.97. The van der Waals surface area contributed by atoms with E-state index in [0.29, 0.717) is 16.9 Å². The van der Waals surface area contributed by atoms with Crippen LogP contribution in [0.1, 0.15) is 5.56 Å². The van der Waals surface area contributed by atoms with E-state index in [1.165, 1.54) is 12.1 Å². The normalized spacial score (nSPS) is 17.4. The highest BCUT2D eigenvalue weighted by atomic mass is 35.5. The van der Waals surface area contributed by atoms with E-state index in [1.54, 1.807) is 12.1 Å². The molecule has 2 rings (SSSR count). The monoisotopic (exact) mass is 228 g/mol. The van der Waals surface area contributed by atoms with Gasteiger partial charge in [-0.1, -0.05) is 17.7 Å². The summed E-state index contributed by atoms with van der Waals surface area (Å²) in [5, 5.41) is 0.336. The maximum Gasteiger partial charge on any atom is 0.210 e. The standard InChI is InChI=1S/C9H5ClO3S/c10-8-2-1-3-9-7(8)4-6(5-11)14(9,12)13/h1-5H. The lowest BCUT2D eigenvalue weighted by molar-refractivity contribution is -0.104. The van der Waals surface area contributed by atoms with Crippen LogP contribution in [-0.4, -0.2) is 14.7 Å². The van der Waals surface area contributed by atoms with E-state index < -0.39 is 9.84 Å². The van der Waals surface area contributed by atoms with Crippen LogP contribution < -0.4 is 0 Å². The maximum absolute atomic E-state index is 11.6. The van der Waals surface area contributed by atoms with Gasteiger partial charge in [-0.3, -0.25) is 4.79 Å². The van der Waals surface area contributed by atoms with Crippen LogP contribution in [0.15, 0.2) is 28.0 Å². The second kappa shape index (κ2) is 2.93. The summed E-state index contributed by atoms with van der Waals surface area (Å²) < 4.78 is 23.2. The molecule has 5 heteroatoms. The predicted octanol–water partition coefficient (Wildman–Crippen LogP) is 1.67. The molecule has 14 heavy (non-hydrogen) atoms. The maximum atomic E-state index is 11.6. The number of hydrogen-bond acceptors (Lipinski definition) is 3. The zero-order chi connectivity index (χ0) is 10.3. The summed E-state index contributed by atoms with van der Waals surface area (Å²) in [5.41, 5.74) is 0.399. The molecule has 0 bridgehead atoms. The summed E-state index contributed by atoms with van der Waals surface area (Å²) in [6.45, 7) is 0. The molecular weight excluding hydrogens is 224 g/mol. The van der Waals surface area contributed by atoms with Crippen molar-refractivity contribution in [3.05, 3.63) is 33.7 Å². The van der Waals surface area contributed by atoms with Gasteiger partial charge in [0.1, 0.15) is 4.91 Å². The lowest BCUT2D eigenvalue weighted by Gasteiger charge is -1.99. The number of sulfone groups is 1. The van der Waals surface area contributed by atoms with Crippen LogP contribution in [0.5, 0.6) is 0 Å². The zero-order valence-corrected chi connectivity index (χ0v) is 8.47. The van der Waals surface area contributed by atoms with Gasteiger partial charge in [-0.15, -0.1) is 0 Å². The first-order chi connectivity index (χ1) is 6.57. The lowest BCUT2D eigenvalue weighted by atomic mass is 10.2. The van der Waals surface area contributed by atoms with E-state index in [-0.39, 0.29) is 9.80 Å². The van der Waals surface area contributed by atoms with Crippen LogP contribution >= 0.6 is 11.6 Å². The largest absolute Gasteiger partial charge is 0.297 e. The van der Waals surface area contributed by atoms with Crippen LogP contribution in [0.2, 0.25) is 5.02 Å². The molecule has 72 valence electrons. The van der Waals surface area contributed by atoms with Crippen LogP contribution in [0.25, 0.3) is 6.08 Å². The lowest BCUT2D eigenvalue weighted by Crippen LogP contribution is -2.00. The van der Waals surface area contributed by atoms with Gasteiger partial charge in [0.15, 0.2) is 6.29 Å². The number of benzene rings is 1. The highest BCUT2D eigenvalue weighted by molar-refractivity contribution is 7.96. The number of allylic oxidation sites excluding steroid dienone is 1. The van der Waals surface area contributed by atoms with Crippen molar-refractivity contribution >= 4 is 33.8 Å². The molecular formula is C9H5ClO3S. The number of carbonyl (C=O) groups is 1. The molecule has 0 saturated heterocycles. The molecule has 1 aliphatic heterocycles. The van der Waals surface area contributed by atoms with Crippen molar-refractivity contribution in [3.8, 4) is 0 Å². The molecule has 0 N–H and O–H groups in total. The van der Waals surface area contributed by atoms with Gasteiger partial charge in [-0.25, -0.2) is 8.42 Å². The minimum Gasteiger partial charge on any atom is -0.297 e. The Hall–Kier alpha value is -1.13. The molecule has 0 saturated carbocycles. The van der Waals surface area contributed by atoms with Gasteiger partial charge in [0.05, 0.1) is 4.90 Å². The topological polar surface area (TPSA) is 51.2 Å². The van der Waals surface area contributed by atoms with Gasteiger partial charge in [-0.2, -0.15) is 0 Å². The first kappa shape index (κ1) is 9.43. The Bertz CT molecular complexity index is 543. The van der Waals surface area contributed by atoms with Crippen molar-refractivity contribution in [3.63, 3.8) is 0 Å². The number of halogens is 1. The molecule has 0 fully saturated rings. The Balaban J connectivity index is 2.84. The summed E-state index contributed by atoms with van der Waals surface area (Å²) in [7, 11) is -3.61. The Morgan fingerprint density at radius 1 is 1.29 bits per heavy atom. The van der Waals surface area contributed by atoms with Gasteiger partial charge in [-0.05, 0) is 18.2 Å². The van der Waals surface area contributed by atoms with Crippen molar-refractivity contribution in [2.75, 3.05) is 0 Å². The van der Waals surface area contributed by atoms with Crippen molar-refractivity contribution in [2.24, 2.45) is 0 Å². The highest BCUT2D eigenvalue weighted by Gasteiger charge is 2.30. The van der Waals surface area contributed by atoms with Crippen LogP contribution in [0, 0.1) is 0 Å². The summed E-state index contributed by atoms with van der Waals surface area (Å²) in [4.78, 5) is 10.4. The molecule has 1 aromatic rings. The fraction of sp³-hybridized carbons (Fsp3) is 0. The Labute approximate surface area is 85.9 Å². The van der Waals surface area contributed by atoms with Gasteiger partial charge < -0.3 is 0 Å². The Morgan fingerprint density at radius 3 is 2.57 bits per heavy atom. The molecule has 1 aliphatic rings. The highest BCUT2D eigenvalue weighted by Crippen LogP contribution is 2.35. The molecule has 1 aromatic carbocycles. The van der Waals surface area contributed by atoms with Crippen molar-refractivity contribution in [1.82, 2.24) is 0 Å². The molecule has 0 aromatic heterocycles. The van der Waals surface area contributed by atoms with E-state index in [4.69, 9.17) is 11.6 Å². The molecule has 0 atom stereocenters. The smallest absolute Gasteiger partial charge is 0.210 e. The van der Waals surface area contributed by atoms with Crippen molar-refractivity contribution < 1.29 is 13.2 Å². The number of carbonyl (C=O) groups excluding carboxylic acids is 1. The molecule has 0 radical (unpaired) electrons. The van der Waals surface area contributed by atoms with Gasteiger partial charge in [0.2, 0.25) is 9.84 Å². The third kappa shape index (κ3) is 1.11. The van der Waals surface area contributed by atoms with E-state index in [9.17, 15) is 13.2 Å². The third-order valence-electron chi connectivity index (χ3n) is 2.02. The SMILES string of the molecule is O=CC1=Cc2c(Cl)cccc2S1(=O)=O. The number of fused-ring (bicyclic) bond motifs is 1. The van der Waals surface area contributed by atoms with Gasteiger partial charge in [0.25, 0.3) is 0 Å². The third-order valence-corrected chi connectivity index (χ3v) is 4.11. The van der Waals surface area contributed by atoms with Crippen molar-refractivity contribution in [1.29, 1.82) is 0 Å². The number of hydrogen-bond donors (Lipinski definition) is 0. The van der Waals surface area contributed by atoms with E-state index >= 15 is 0 Å². The fourth-order valence-electron chi connectivity index (χ4n) is 1.34. The zero-order valence-electron chi connectivity index (χ0n) is 6.90. The van der Waals surface area contributed by atoms with Crippen LogP contribution in [0.3, 0.4) is 0 Å². The van der Waals surface area contributed by atoms with Crippen LogP contribution in [0.4, 0.5) is 0 Å². The quantitative estimate of drug-likeness (QED) is 0.687. The molecule has 0 unspecified atom stereocenters.